The Morgan fingerprint density at radius 3 is 2.93 bits per heavy atom. The van der Waals surface area contributed by atoms with Crippen molar-refractivity contribution in [1.29, 1.82) is 0 Å². The van der Waals surface area contributed by atoms with E-state index in [1.807, 2.05) is 24.6 Å². The second-order valence-electron chi connectivity index (χ2n) is 8.05. The van der Waals surface area contributed by atoms with E-state index in [0.717, 1.165) is 48.2 Å². The molecule has 3 N–H and O–H groups in total. The number of hydrogen-bond donors (Lipinski definition) is 2. The Morgan fingerprint density at radius 1 is 1.27 bits per heavy atom. The van der Waals surface area contributed by atoms with E-state index < -0.39 is 0 Å². The van der Waals surface area contributed by atoms with Crippen LogP contribution in [0.5, 0.6) is 0 Å². The molecule has 7 nitrogen and oxygen atoms in total. The molecule has 0 spiro atoms. The van der Waals surface area contributed by atoms with E-state index in [9.17, 15) is 4.39 Å². The summed E-state index contributed by atoms with van der Waals surface area (Å²) in [5.41, 5.74) is 8.92. The van der Waals surface area contributed by atoms with Crippen molar-refractivity contribution >= 4 is 22.8 Å². The summed E-state index contributed by atoms with van der Waals surface area (Å²) in [5.74, 6) is 0.188. The summed E-state index contributed by atoms with van der Waals surface area (Å²) >= 11 is 0. The van der Waals surface area contributed by atoms with Crippen LogP contribution < -0.4 is 11.1 Å². The van der Waals surface area contributed by atoms with Crippen molar-refractivity contribution in [1.82, 2.24) is 15.3 Å². The van der Waals surface area contributed by atoms with Gasteiger partial charge in [0.25, 0.3) is 0 Å². The average molecular weight is 408 g/mol. The summed E-state index contributed by atoms with van der Waals surface area (Å²) < 4.78 is 19.1. The molecule has 1 aromatic heterocycles. The van der Waals surface area contributed by atoms with Crippen LogP contribution in [0.3, 0.4) is 0 Å². The number of halogens is 1. The van der Waals surface area contributed by atoms with Gasteiger partial charge < -0.3 is 15.8 Å². The number of aromatic nitrogens is 1. The van der Waals surface area contributed by atoms with Gasteiger partial charge in [0.05, 0.1) is 17.1 Å². The largest absolute Gasteiger partial charge is 0.384 e. The van der Waals surface area contributed by atoms with Crippen molar-refractivity contribution in [2.75, 3.05) is 13.2 Å². The van der Waals surface area contributed by atoms with Gasteiger partial charge in [0.15, 0.2) is 6.17 Å². The Hall–Kier alpha value is -2.84. The van der Waals surface area contributed by atoms with Gasteiger partial charge in [-0.05, 0) is 49.6 Å². The third kappa shape index (κ3) is 3.57. The fourth-order valence-electron chi connectivity index (χ4n) is 4.30. The first kappa shape index (κ1) is 19.1. The van der Waals surface area contributed by atoms with Crippen LogP contribution in [0.2, 0.25) is 0 Å². The maximum atomic E-state index is 13.7. The highest BCUT2D eigenvalue weighted by Gasteiger charge is 2.37. The normalized spacial score (nSPS) is 25.2. The summed E-state index contributed by atoms with van der Waals surface area (Å²) in [4.78, 5) is 9.47. The van der Waals surface area contributed by atoms with Gasteiger partial charge in [0.1, 0.15) is 11.6 Å². The molecular formula is C22H25FN6O. The number of nitrogens with zero attached hydrogens (tertiary/aromatic N) is 4. The number of ether oxygens (including phenoxy) is 1. The molecule has 1 aromatic carbocycles. The predicted molar refractivity (Wildman–Crippen MR) is 115 cm³/mol. The molecule has 30 heavy (non-hydrogen) atoms. The molecule has 3 atom stereocenters. The van der Waals surface area contributed by atoms with Crippen LogP contribution in [0.4, 0.5) is 4.39 Å². The highest BCUT2D eigenvalue weighted by atomic mass is 19.1. The zero-order chi connectivity index (χ0) is 20.7. The van der Waals surface area contributed by atoms with Gasteiger partial charge in [-0.1, -0.05) is 0 Å². The van der Waals surface area contributed by atoms with Gasteiger partial charge in [-0.2, -0.15) is 5.10 Å². The molecule has 1 saturated heterocycles. The van der Waals surface area contributed by atoms with Gasteiger partial charge >= 0.3 is 0 Å². The topological polar surface area (TPSA) is 88.1 Å². The number of aliphatic imine (C=N–C) groups is 1. The Morgan fingerprint density at radius 2 is 2.10 bits per heavy atom. The zero-order valence-corrected chi connectivity index (χ0v) is 16.8. The number of nitrogens with two attached hydrogens (primary N) is 1. The van der Waals surface area contributed by atoms with E-state index >= 15 is 0 Å². The summed E-state index contributed by atoms with van der Waals surface area (Å²) in [6, 6.07) is 7.05. The minimum Gasteiger partial charge on any atom is -0.384 e. The van der Waals surface area contributed by atoms with Crippen LogP contribution in [0.1, 0.15) is 31.2 Å². The van der Waals surface area contributed by atoms with Crippen LogP contribution in [0.25, 0.3) is 10.9 Å². The second kappa shape index (κ2) is 7.77. The fourth-order valence-corrected chi connectivity index (χ4v) is 4.30. The molecule has 156 valence electrons. The molecule has 3 aliphatic rings. The van der Waals surface area contributed by atoms with Crippen molar-refractivity contribution in [3.8, 4) is 0 Å². The molecule has 5 rings (SSSR count). The van der Waals surface area contributed by atoms with Gasteiger partial charge in [-0.25, -0.2) is 9.40 Å². The lowest BCUT2D eigenvalue weighted by Crippen LogP contribution is -2.46. The van der Waals surface area contributed by atoms with Crippen LogP contribution in [0, 0.1) is 5.82 Å². The molecule has 0 amide bonds. The van der Waals surface area contributed by atoms with Crippen molar-refractivity contribution in [2.45, 2.75) is 43.9 Å². The summed E-state index contributed by atoms with van der Waals surface area (Å²) in [6.07, 6.45) is 7.28. The maximum Gasteiger partial charge on any atom is 0.155 e. The molecule has 2 aromatic rings. The van der Waals surface area contributed by atoms with Crippen molar-refractivity contribution in [3.05, 3.63) is 53.7 Å². The highest BCUT2D eigenvalue weighted by Crippen LogP contribution is 2.33. The molecule has 3 unspecified atom stereocenters. The smallest absolute Gasteiger partial charge is 0.155 e. The maximum absolute atomic E-state index is 13.7. The van der Waals surface area contributed by atoms with E-state index in [0.29, 0.717) is 11.9 Å². The first-order valence-corrected chi connectivity index (χ1v) is 10.4. The predicted octanol–water partition coefficient (Wildman–Crippen LogP) is 2.50. The van der Waals surface area contributed by atoms with Crippen LogP contribution in [-0.4, -0.2) is 53.4 Å². The van der Waals surface area contributed by atoms with E-state index in [-0.39, 0.29) is 23.9 Å². The summed E-state index contributed by atoms with van der Waals surface area (Å²) in [6.45, 7) is 3.69. The molecule has 0 aliphatic carbocycles. The Labute approximate surface area is 174 Å². The molecule has 0 radical (unpaired) electrons. The summed E-state index contributed by atoms with van der Waals surface area (Å²) in [7, 11) is 0. The van der Waals surface area contributed by atoms with Crippen molar-refractivity contribution in [2.24, 2.45) is 15.8 Å². The third-order valence-corrected chi connectivity index (χ3v) is 5.97. The lowest BCUT2D eigenvalue weighted by atomic mass is 9.96. The molecule has 1 fully saturated rings. The van der Waals surface area contributed by atoms with E-state index in [1.165, 1.54) is 12.1 Å². The van der Waals surface area contributed by atoms with Gasteiger partial charge in [0.2, 0.25) is 0 Å². The standard InChI is InChI=1S/C22H25FN6O/c1-13(27-17-4-6-30-7-5-17)20-10-21(24)29-22(28-20)18(12-26-29)15-8-14-9-16(23)2-3-19(14)25-11-15/h2-3,8-13,17-18,22,27H,4-7,24H2,1H3. The number of hydrogen-bond acceptors (Lipinski definition) is 7. The van der Waals surface area contributed by atoms with Gasteiger partial charge in [0, 0.05) is 49.2 Å². The molecular weight excluding hydrogens is 383 g/mol. The number of hydrazone groups is 1. The lowest BCUT2D eigenvalue weighted by molar-refractivity contribution is 0.0772. The quantitative estimate of drug-likeness (QED) is 0.812. The number of pyridine rings is 1. The fraction of sp³-hybridized carbons (Fsp3) is 0.409. The molecule has 3 aliphatic heterocycles. The minimum absolute atomic E-state index is 0.0684. The van der Waals surface area contributed by atoms with E-state index in [4.69, 9.17) is 15.5 Å². The van der Waals surface area contributed by atoms with Crippen molar-refractivity contribution in [3.63, 3.8) is 0 Å². The van der Waals surface area contributed by atoms with Crippen LogP contribution >= 0.6 is 0 Å². The van der Waals surface area contributed by atoms with Crippen LogP contribution in [0.15, 0.2) is 52.5 Å². The number of rotatable bonds is 4. The number of nitrogens with one attached hydrogen (secondary N) is 1. The molecule has 8 heteroatoms. The van der Waals surface area contributed by atoms with Gasteiger partial charge in [-0.15, -0.1) is 0 Å². The minimum atomic E-state index is -0.277. The Balaban J connectivity index is 1.41. The zero-order valence-electron chi connectivity index (χ0n) is 16.8. The first-order chi connectivity index (χ1) is 14.6. The monoisotopic (exact) mass is 408 g/mol. The van der Waals surface area contributed by atoms with E-state index in [2.05, 4.69) is 22.3 Å². The second-order valence-corrected chi connectivity index (χ2v) is 8.05. The number of benzene rings is 1. The van der Waals surface area contributed by atoms with E-state index in [1.54, 1.807) is 11.1 Å². The molecule has 0 bridgehead atoms. The average Bonchev–Trinajstić information content (AvgIpc) is 3.18. The number of fused-ring (bicyclic) bond motifs is 2. The summed E-state index contributed by atoms with van der Waals surface area (Å²) in [5, 5.41) is 10.6. The molecule has 0 saturated carbocycles. The molecule has 4 heterocycles. The Bertz CT molecular complexity index is 1050. The SMILES string of the molecule is CC(NC1CCOCC1)C1=NC2C(c3cnc4ccc(F)cc4c3)C=NN2C(N)=C1. The van der Waals surface area contributed by atoms with Crippen LogP contribution in [-0.2, 0) is 4.74 Å². The lowest BCUT2D eigenvalue weighted by Gasteiger charge is -2.32. The highest BCUT2D eigenvalue weighted by molar-refractivity contribution is 6.00. The van der Waals surface area contributed by atoms with Gasteiger partial charge in [-0.3, -0.25) is 9.98 Å². The third-order valence-electron chi connectivity index (χ3n) is 5.97. The van der Waals surface area contributed by atoms with Crippen molar-refractivity contribution < 1.29 is 9.13 Å². The Kier molecular flexibility index (Phi) is 4.96. The first-order valence-electron chi connectivity index (χ1n) is 10.4.